The first-order chi connectivity index (χ1) is 11.2. The Balaban J connectivity index is 1.71. The van der Waals surface area contributed by atoms with Gasteiger partial charge in [0.15, 0.2) is 0 Å². The summed E-state index contributed by atoms with van der Waals surface area (Å²) in [6.07, 6.45) is 11.7. The van der Waals surface area contributed by atoms with Crippen molar-refractivity contribution in [2.45, 2.75) is 26.2 Å². The highest BCUT2D eigenvalue weighted by atomic mass is 16.5. The number of aliphatic imine (C=N–C) groups is 1. The van der Waals surface area contributed by atoms with Gasteiger partial charge in [-0.25, -0.2) is 4.99 Å². The molecule has 4 nitrogen and oxygen atoms in total. The average Bonchev–Trinajstić information content (AvgIpc) is 3.27. The molecule has 0 amide bonds. The number of aromatic nitrogens is 2. The van der Waals surface area contributed by atoms with E-state index in [0.717, 1.165) is 41.6 Å². The van der Waals surface area contributed by atoms with Crippen LogP contribution in [-0.2, 0) is 17.6 Å². The summed E-state index contributed by atoms with van der Waals surface area (Å²) in [5.74, 6) is 1.56. The summed E-state index contributed by atoms with van der Waals surface area (Å²) in [6.45, 7) is 2.32. The maximum Gasteiger partial charge on any atom is 0.146 e. The lowest BCUT2D eigenvalue weighted by molar-refractivity contribution is 0.303. The minimum Gasteiger partial charge on any atom is -0.494 e. The van der Waals surface area contributed by atoms with E-state index in [1.807, 2.05) is 24.4 Å². The Morgan fingerprint density at radius 2 is 2.26 bits per heavy atom. The molecule has 2 N–H and O–H groups in total. The summed E-state index contributed by atoms with van der Waals surface area (Å²) in [5.41, 5.74) is 6.86. The van der Waals surface area contributed by atoms with Crippen LogP contribution in [0.15, 0.2) is 47.1 Å². The lowest BCUT2D eigenvalue weighted by atomic mass is 9.87. The summed E-state index contributed by atoms with van der Waals surface area (Å²) < 4.78 is 5.52. The second kappa shape index (κ2) is 5.61. The molecular weight excluding hydrogens is 286 g/mol. The first-order valence-corrected chi connectivity index (χ1v) is 8.14. The molecule has 3 heterocycles. The number of nitrogens with zero attached hydrogens (tertiary/aromatic N) is 1. The number of rotatable bonds is 3. The number of H-pyrrole nitrogens is 2. The van der Waals surface area contributed by atoms with E-state index in [4.69, 9.17) is 9.73 Å². The monoisotopic (exact) mass is 307 g/mol. The minimum atomic E-state index is 0.745. The highest BCUT2D eigenvalue weighted by Crippen LogP contribution is 2.31. The van der Waals surface area contributed by atoms with Crippen molar-refractivity contribution in [3.8, 4) is 0 Å². The van der Waals surface area contributed by atoms with Gasteiger partial charge in [0, 0.05) is 24.2 Å². The van der Waals surface area contributed by atoms with Crippen LogP contribution >= 0.6 is 0 Å². The van der Waals surface area contributed by atoms with Gasteiger partial charge in [-0.05, 0) is 54.5 Å². The summed E-state index contributed by atoms with van der Waals surface area (Å²) in [5, 5.41) is 0. The van der Waals surface area contributed by atoms with Crippen molar-refractivity contribution in [3.05, 3.63) is 64.6 Å². The van der Waals surface area contributed by atoms with Crippen LogP contribution in [0.5, 0.6) is 0 Å². The molecule has 23 heavy (non-hydrogen) atoms. The molecule has 2 aliphatic rings. The molecule has 2 aromatic rings. The van der Waals surface area contributed by atoms with Crippen molar-refractivity contribution in [3.63, 3.8) is 0 Å². The van der Waals surface area contributed by atoms with Crippen molar-refractivity contribution >= 4 is 11.8 Å². The molecule has 118 valence electrons. The predicted molar refractivity (Wildman–Crippen MR) is 92.4 cm³/mol. The van der Waals surface area contributed by atoms with Crippen LogP contribution in [-0.4, -0.2) is 22.8 Å². The predicted octanol–water partition coefficient (Wildman–Crippen LogP) is 3.84. The number of aryl methyl sites for hydroxylation is 1. The molecule has 0 spiro atoms. The highest BCUT2D eigenvalue weighted by molar-refractivity contribution is 6.11. The van der Waals surface area contributed by atoms with E-state index in [9.17, 15) is 0 Å². The Labute approximate surface area is 136 Å². The lowest BCUT2D eigenvalue weighted by Crippen LogP contribution is -2.10. The molecule has 0 radical (unpaired) electrons. The summed E-state index contributed by atoms with van der Waals surface area (Å²) in [4.78, 5) is 11.4. The van der Waals surface area contributed by atoms with Crippen molar-refractivity contribution in [1.82, 2.24) is 9.97 Å². The van der Waals surface area contributed by atoms with Gasteiger partial charge in [-0.15, -0.1) is 0 Å². The first-order valence-electron chi connectivity index (χ1n) is 8.14. The van der Waals surface area contributed by atoms with E-state index in [-0.39, 0.29) is 0 Å². The Morgan fingerprint density at radius 3 is 3.04 bits per heavy atom. The minimum absolute atomic E-state index is 0.745. The number of hydrogen-bond acceptors (Lipinski definition) is 2. The third kappa shape index (κ3) is 2.54. The molecule has 2 aromatic heterocycles. The van der Waals surface area contributed by atoms with Crippen LogP contribution in [0.4, 0.5) is 0 Å². The molecule has 1 unspecified atom stereocenters. The second-order valence-electron chi connectivity index (χ2n) is 6.37. The average molecular weight is 307 g/mol. The van der Waals surface area contributed by atoms with Gasteiger partial charge in [-0.1, -0.05) is 6.92 Å². The Kier molecular flexibility index (Phi) is 3.45. The number of aromatic amines is 2. The van der Waals surface area contributed by atoms with Crippen LogP contribution < -0.4 is 0 Å². The van der Waals surface area contributed by atoms with E-state index in [1.54, 1.807) is 7.11 Å². The molecule has 0 saturated heterocycles. The van der Waals surface area contributed by atoms with Crippen molar-refractivity contribution < 1.29 is 4.74 Å². The molecule has 4 heteroatoms. The maximum absolute atomic E-state index is 5.52. The zero-order valence-corrected chi connectivity index (χ0v) is 13.5. The van der Waals surface area contributed by atoms with Crippen molar-refractivity contribution in [2.75, 3.05) is 7.11 Å². The van der Waals surface area contributed by atoms with E-state index in [1.165, 1.54) is 23.2 Å². The largest absolute Gasteiger partial charge is 0.494 e. The van der Waals surface area contributed by atoms with E-state index >= 15 is 0 Å². The summed E-state index contributed by atoms with van der Waals surface area (Å²) >= 11 is 0. The van der Waals surface area contributed by atoms with Gasteiger partial charge < -0.3 is 14.7 Å². The van der Waals surface area contributed by atoms with E-state index < -0.39 is 0 Å². The van der Waals surface area contributed by atoms with Gasteiger partial charge >= 0.3 is 0 Å². The highest BCUT2D eigenvalue weighted by Gasteiger charge is 2.21. The fourth-order valence-electron chi connectivity index (χ4n) is 3.40. The standard InChI is InChI=1S/C19H21N3O/c1-12-5-6-15-14(8-12)13(11-21-15)9-18-19(23-2)10-17(22-18)16-4-3-7-20-16/h3-4,7,9-12,20-21H,5-6,8H2,1-2H3. The van der Waals surface area contributed by atoms with Gasteiger partial charge in [-0.2, -0.15) is 0 Å². The van der Waals surface area contributed by atoms with Gasteiger partial charge in [0.25, 0.3) is 0 Å². The Morgan fingerprint density at radius 1 is 1.35 bits per heavy atom. The normalized spacial score (nSPS) is 22.0. The van der Waals surface area contributed by atoms with Crippen LogP contribution in [0.3, 0.4) is 0 Å². The van der Waals surface area contributed by atoms with Gasteiger partial charge in [-0.3, -0.25) is 0 Å². The fraction of sp³-hybridized carbons (Fsp3) is 0.316. The molecule has 0 bridgehead atoms. The maximum atomic E-state index is 5.52. The summed E-state index contributed by atoms with van der Waals surface area (Å²) in [6, 6.07) is 4.00. The molecule has 1 aliphatic carbocycles. The zero-order valence-electron chi connectivity index (χ0n) is 13.5. The van der Waals surface area contributed by atoms with Crippen LogP contribution in [0.2, 0.25) is 0 Å². The first kappa shape index (κ1) is 14.1. The number of ether oxygens (including phenoxy) is 1. The summed E-state index contributed by atoms with van der Waals surface area (Å²) in [7, 11) is 1.70. The van der Waals surface area contributed by atoms with Gasteiger partial charge in [0.05, 0.1) is 18.5 Å². The number of fused-ring (bicyclic) bond motifs is 1. The molecule has 1 atom stereocenters. The molecule has 0 saturated carbocycles. The number of methoxy groups -OCH3 is 1. The van der Waals surface area contributed by atoms with Gasteiger partial charge in [0.1, 0.15) is 11.5 Å². The SMILES string of the molecule is COC1=CC(c2ccc[nH]2)=NC1=Cc1c[nH]c2c1CC(C)CC2. The molecular formula is C19H21N3O. The van der Waals surface area contributed by atoms with Crippen molar-refractivity contribution in [2.24, 2.45) is 10.9 Å². The number of allylic oxidation sites excluding steroid dienone is 1. The Hall–Kier alpha value is -2.49. The molecule has 4 rings (SSSR count). The van der Waals surface area contributed by atoms with Crippen molar-refractivity contribution in [1.29, 1.82) is 0 Å². The van der Waals surface area contributed by atoms with Crippen LogP contribution in [0, 0.1) is 5.92 Å². The molecule has 0 fully saturated rings. The topological polar surface area (TPSA) is 53.2 Å². The third-order valence-corrected chi connectivity index (χ3v) is 4.70. The quantitative estimate of drug-likeness (QED) is 0.889. The zero-order chi connectivity index (χ0) is 15.8. The third-order valence-electron chi connectivity index (χ3n) is 4.70. The van der Waals surface area contributed by atoms with E-state index in [2.05, 4.69) is 29.2 Å². The van der Waals surface area contributed by atoms with Gasteiger partial charge in [0.2, 0.25) is 0 Å². The molecule has 1 aliphatic heterocycles. The van der Waals surface area contributed by atoms with Crippen LogP contribution in [0.25, 0.3) is 6.08 Å². The fourth-order valence-corrected chi connectivity index (χ4v) is 3.40. The van der Waals surface area contributed by atoms with E-state index in [0.29, 0.717) is 0 Å². The molecule has 0 aromatic carbocycles. The number of hydrogen-bond donors (Lipinski definition) is 2. The number of nitrogens with one attached hydrogen (secondary N) is 2. The Bertz CT molecular complexity index is 806. The smallest absolute Gasteiger partial charge is 0.146 e. The van der Waals surface area contributed by atoms with Crippen LogP contribution in [0.1, 0.15) is 35.9 Å². The lowest BCUT2D eigenvalue weighted by Gasteiger charge is -2.18. The second-order valence-corrected chi connectivity index (χ2v) is 6.37.